The van der Waals surface area contributed by atoms with Crippen molar-refractivity contribution in [2.75, 3.05) is 18.4 Å². The third-order valence-electron chi connectivity index (χ3n) is 6.49. The van der Waals surface area contributed by atoms with Gasteiger partial charge < -0.3 is 9.73 Å². The zero-order chi connectivity index (χ0) is 26.3. The van der Waals surface area contributed by atoms with Crippen molar-refractivity contribution in [2.24, 2.45) is 0 Å². The number of hydrogen-bond acceptors (Lipinski definition) is 7. The van der Waals surface area contributed by atoms with Crippen LogP contribution in [-0.2, 0) is 10.0 Å². The highest BCUT2D eigenvalue weighted by Crippen LogP contribution is 2.31. The number of nitrogens with one attached hydrogen (secondary N) is 1. The van der Waals surface area contributed by atoms with E-state index in [1.165, 1.54) is 39.9 Å². The van der Waals surface area contributed by atoms with E-state index in [-0.39, 0.29) is 10.8 Å². The summed E-state index contributed by atoms with van der Waals surface area (Å²) in [5.74, 6) is 0.743. The number of para-hydroxylation sites is 1. The average Bonchev–Trinajstić information content (AvgIpc) is 3.67. The minimum Gasteiger partial charge on any atom is -0.454 e. The summed E-state index contributed by atoms with van der Waals surface area (Å²) >= 11 is 1.38. The van der Waals surface area contributed by atoms with Gasteiger partial charge in [-0.3, -0.25) is 4.79 Å². The molecule has 3 aromatic heterocycles. The van der Waals surface area contributed by atoms with Gasteiger partial charge in [0.05, 0.1) is 10.6 Å². The van der Waals surface area contributed by atoms with E-state index in [1.54, 1.807) is 10.7 Å². The molecule has 6 rings (SSSR count). The van der Waals surface area contributed by atoms with Gasteiger partial charge in [0.1, 0.15) is 17.1 Å². The molecule has 0 radical (unpaired) electrons. The van der Waals surface area contributed by atoms with Crippen LogP contribution in [0.5, 0.6) is 0 Å². The minimum atomic E-state index is -3.56. The summed E-state index contributed by atoms with van der Waals surface area (Å²) in [4.78, 5) is 17.9. The maximum Gasteiger partial charge on any atom is 0.256 e. The van der Waals surface area contributed by atoms with Crippen LogP contribution in [0.1, 0.15) is 35.3 Å². The lowest BCUT2D eigenvalue weighted by atomic mass is 10.2. The molecule has 2 aromatic carbocycles. The number of piperidine rings is 1. The Morgan fingerprint density at radius 2 is 1.79 bits per heavy atom. The second-order valence-corrected chi connectivity index (χ2v) is 12.0. The number of aryl methyl sites for hydroxylation is 1. The van der Waals surface area contributed by atoms with Crippen molar-refractivity contribution in [2.45, 2.75) is 31.1 Å². The standard InChI is InChI=1S/C27H25N5O4S2/c1-18-15-25(29-26(33)19-9-11-21(12-10-19)38(34,35)31-13-5-2-6-14-31)32(30-18)27-28-22(17-37-27)24-16-20-7-3-4-8-23(20)36-24/h3-4,7-12,15-17H,2,5-6,13-14H2,1H3,(H,29,33). The Kier molecular flexibility index (Phi) is 6.34. The first kappa shape index (κ1) is 24.5. The first-order chi connectivity index (χ1) is 18.4. The number of aromatic nitrogens is 3. The van der Waals surface area contributed by atoms with Crippen LogP contribution in [0.25, 0.3) is 27.6 Å². The zero-order valence-electron chi connectivity index (χ0n) is 20.6. The topological polar surface area (TPSA) is 110 Å². The number of anilines is 1. The molecule has 0 atom stereocenters. The number of hydrogen-bond donors (Lipinski definition) is 1. The summed E-state index contributed by atoms with van der Waals surface area (Å²) in [6.45, 7) is 2.89. The molecule has 0 spiro atoms. The second-order valence-electron chi connectivity index (χ2n) is 9.19. The molecule has 1 amide bonds. The van der Waals surface area contributed by atoms with Crippen LogP contribution in [0.3, 0.4) is 0 Å². The van der Waals surface area contributed by atoms with E-state index < -0.39 is 10.0 Å². The number of benzene rings is 2. The van der Waals surface area contributed by atoms with Crippen LogP contribution in [0.15, 0.2) is 75.4 Å². The lowest BCUT2D eigenvalue weighted by molar-refractivity contribution is 0.102. The van der Waals surface area contributed by atoms with Gasteiger partial charge in [-0.1, -0.05) is 24.6 Å². The van der Waals surface area contributed by atoms with Crippen LogP contribution < -0.4 is 5.32 Å². The number of carbonyl (C=O) groups is 1. The second kappa shape index (κ2) is 9.82. The molecule has 9 nitrogen and oxygen atoms in total. The van der Waals surface area contributed by atoms with Gasteiger partial charge in [0, 0.05) is 35.5 Å². The number of nitrogens with zero attached hydrogens (tertiary/aromatic N) is 4. The fourth-order valence-electron chi connectivity index (χ4n) is 4.54. The lowest BCUT2D eigenvalue weighted by Gasteiger charge is -2.25. The van der Waals surface area contributed by atoms with Crippen molar-refractivity contribution >= 4 is 44.1 Å². The predicted molar refractivity (Wildman–Crippen MR) is 146 cm³/mol. The fraction of sp³-hybridized carbons (Fsp3) is 0.222. The van der Waals surface area contributed by atoms with E-state index in [9.17, 15) is 13.2 Å². The smallest absolute Gasteiger partial charge is 0.256 e. The molecule has 1 aliphatic heterocycles. The number of carbonyl (C=O) groups excluding carboxylic acids is 1. The van der Waals surface area contributed by atoms with Gasteiger partial charge in [0.25, 0.3) is 5.91 Å². The lowest BCUT2D eigenvalue weighted by Crippen LogP contribution is -2.35. The Balaban J connectivity index is 1.21. The Hall–Kier alpha value is -3.80. The number of furan rings is 1. The highest BCUT2D eigenvalue weighted by Gasteiger charge is 2.26. The highest BCUT2D eigenvalue weighted by molar-refractivity contribution is 7.89. The molecule has 1 aliphatic rings. The Morgan fingerprint density at radius 1 is 1.03 bits per heavy atom. The Morgan fingerprint density at radius 3 is 2.55 bits per heavy atom. The number of fused-ring (bicyclic) bond motifs is 1. The fourth-order valence-corrected chi connectivity index (χ4v) is 6.83. The Bertz CT molecular complexity index is 1700. The average molecular weight is 548 g/mol. The van der Waals surface area contributed by atoms with Crippen molar-refractivity contribution in [3.8, 4) is 16.6 Å². The van der Waals surface area contributed by atoms with Crippen molar-refractivity contribution < 1.29 is 17.6 Å². The van der Waals surface area contributed by atoms with Crippen LogP contribution in [0.2, 0.25) is 0 Å². The van der Waals surface area contributed by atoms with E-state index in [0.29, 0.717) is 46.8 Å². The normalized spacial score (nSPS) is 14.7. The maximum atomic E-state index is 13.1. The van der Waals surface area contributed by atoms with Crippen molar-refractivity contribution in [1.82, 2.24) is 19.1 Å². The van der Waals surface area contributed by atoms with Gasteiger partial charge in [-0.2, -0.15) is 14.1 Å². The summed E-state index contributed by atoms with van der Waals surface area (Å²) in [7, 11) is -3.56. The van der Waals surface area contributed by atoms with Crippen LogP contribution in [0, 0.1) is 6.92 Å². The van der Waals surface area contributed by atoms with Gasteiger partial charge in [-0.15, -0.1) is 11.3 Å². The molecule has 1 saturated heterocycles. The third kappa shape index (κ3) is 4.64. The molecule has 38 heavy (non-hydrogen) atoms. The van der Waals surface area contributed by atoms with E-state index >= 15 is 0 Å². The molecule has 0 aliphatic carbocycles. The minimum absolute atomic E-state index is 0.192. The molecule has 1 fully saturated rings. The van der Waals surface area contributed by atoms with Crippen LogP contribution in [-0.4, -0.2) is 46.5 Å². The molecular weight excluding hydrogens is 522 g/mol. The number of sulfonamides is 1. The monoisotopic (exact) mass is 547 g/mol. The zero-order valence-corrected chi connectivity index (χ0v) is 22.3. The molecular formula is C27H25N5O4S2. The number of thiazole rings is 1. The molecule has 5 aromatic rings. The van der Waals surface area contributed by atoms with Gasteiger partial charge in [-0.05, 0) is 56.2 Å². The van der Waals surface area contributed by atoms with Crippen molar-refractivity contribution in [3.05, 3.63) is 77.3 Å². The summed E-state index contributed by atoms with van der Waals surface area (Å²) in [6.07, 6.45) is 2.78. The van der Waals surface area contributed by atoms with Gasteiger partial charge in [0.2, 0.25) is 15.2 Å². The van der Waals surface area contributed by atoms with Gasteiger partial charge in [-0.25, -0.2) is 13.4 Å². The summed E-state index contributed by atoms with van der Waals surface area (Å²) < 4.78 is 34.9. The largest absolute Gasteiger partial charge is 0.454 e. The van der Waals surface area contributed by atoms with E-state index in [2.05, 4.69) is 15.4 Å². The van der Waals surface area contributed by atoms with E-state index in [0.717, 1.165) is 30.2 Å². The summed E-state index contributed by atoms with van der Waals surface area (Å²) in [5.41, 5.74) is 2.52. The first-order valence-electron chi connectivity index (χ1n) is 12.3. The third-order valence-corrected chi connectivity index (χ3v) is 9.22. The molecule has 0 saturated carbocycles. The maximum absolute atomic E-state index is 13.1. The van der Waals surface area contributed by atoms with Crippen LogP contribution in [0.4, 0.5) is 5.82 Å². The molecule has 0 unspecified atom stereocenters. The quantitative estimate of drug-likeness (QED) is 0.302. The molecule has 4 heterocycles. The number of amides is 1. The van der Waals surface area contributed by atoms with Crippen molar-refractivity contribution in [1.29, 1.82) is 0 Å². The van der Waals surface area contributed by atoms with Crippen molar-refractivity contribution in [3.63, 3.8) is 0 Å². The SMILES string of the molecule is Cc1cc(NC(=O)c2ccc(S(=O)(=O)N3CCCCC3)cc2)n(-c2nc(-c3cc4ccccc4o3)cs2)n1. The highest BCUT2D eigenvalue weighted by atomic mass is 32.2. The molecule has 0 bridgehead atoms. The van der Waals surface area contributed by atoms with Crippen LogP contribution >= 0.6 is 11.3 Å². The van der Waals surface area contributed by atoms with E-state index in [1.807, 2.05) is 42.6 Å². The Labute approximate surface area is 223 Å². The van der Waals surface area contributed by atoms with E-state index in [4.69, 9.17) is 4.42 Å². The predicted octanol–water partition coefficient (Wildman–Crippen LogP) is 5.48. The molecule has 194 valence electrons. The molecule has 11 heteroatoms. The van der Waals surface area contributed by atoms with Gasteiger partial charge >= 0.3 is 0 Å². The molecule has 1 N–H and O–H groups in total. The summed E-state index contributed by atoms with van der Waals surface area (Å²) in [6, 6.07) is 17.5. The van der Waals surface area contributed by atoms with Gasteiger partial charge in [0.15, 0.2) is 5.76 Å². The summed E-state index contributed by atoms with van der Waals surface area (Å²) in [5, 5.41) is 10.9. The number of rotatable bonds is 6. The first-order valence-corrected chi connectivity index (χ1v) is 14.6.